The second kappa shape index (κ2) is 15.8. The van der Waals surface area contributed by atoms with Crippen molar-refractivity contribution in [2.24, 2.45) is 21.7 Å². The quantitative estimate of drug-likeness (QED) is 0.234. The van der Waals surface area contributed by atoms with Gasteiger partial charge < -0.3 is 0 Å². The summed E-state index contributed by atoms with van der Waals surface area (Å²) in [5.41, 5.74) is -5.50. The monoisotopic (exact) mass is 896 g/mol. The third kappa shape index (κ3) is 6.38. The van der Waals surface area contributed by atoms with Crippen LogP contribution in [-0.2, 0) is 39.3 Å². The molecular formula is C48H64O8S4. The van der Waals surface area contributed by atoms with E-state index in [2.05, 4.69) is 0 Å². The standard InChI is InChI=1S/C48H64O8S4/c49-57(50)37-21-23-39(57)46(31-15-7-2-8-16-32-46)41-25-27-43(59(41,53)54)48(35-19-11-4-12-20-36-48)44-28-26-42(60(44,55)56)47(33-17-9-3-10-18-34-47)40-24-22-38(58(40,51)52)45(37)29-13-5-1-6-14-30-45/h21-28H,1-20,29-36H2. The van der Waals surface area contributed by atoms with Crippen LogP contribution in [0.4, 0.5) is 0 Å². The summed E-state index contributed by atoms with van der Waals surface area (Å²) in [6.07, 6.45) is 31.6. The summed E-state index contributed by atoms with van der Waals surface area (Å²) in [5, 5.41) is 0. The third-order valence-corrected chi connectivity index (χ3v) is 25.3. The first kappa shape index (κ1) is 43.0. The molecule has 5 heterocycles. The molecule has 0 unspecified atom stereocenters. The third-order valence-electron chi connectivity index (χ3n) is 16.5. The molecule has 12 heteroatoms. The minimum atomic E-state index is -4.38. The molecule has 4 spiro atoms. The second-order valence-corrected chi connectivity index (χ2v) is 27.2. The molecule has 9 rings (SSSR count). The Kier molecular flexibility index (Phi) is 11.3. The number of hydrogen-bond acceptors (Lipinski definition) is 8. The molecule has 8 bridgehead atoms. The van der Waals surface area contributed by atoms with Crippen LogP contribution in [0, 0.1) is 21.7 Å². The topological polar surface area (TPSA) is 137 Å². The van der Waals surface area contributed by atoms with Crippen LogP contribution in [0.5, 0.6) is 0 Å². The summed E-state index contributed by atoms with van der Waals surface area (Å²) >= 11 is 0. The molecule has 0 aromatic heterocycles. The van der Waals surface area contributed by atoms with E-state index in [1.54, 1.807) is 48.6 Å². The van der Waals surface area contributed by atoms with E-state index in [-0.39, 0.29) is 39.2 Å². The van der Waals surface area contributed by atoms with E-state index < -0.39 is 61.0 Å². The largest absolute Gasteiger partial charge is 0.219 e. The van der Waals surface area contributed by atoms with Gasteiger partial charge in [-0.3, -0.25) is 0 Å². The van der Waals surface area contributed by atoms with Crippen LogP contribution in [0.15, 0.2) is 87.8 Å². The van der Waals surface area contributed by atoms with Gasteiger partial charge in [0.15, 0.2) is 0 Å². The Morgan fingerprint density at radius 2 is 0.333 bits per heavy atom. The van der Waals surface area contributed by atoms with Gasteiger partial charge in [0, 0.05) is 21.7 Å². The highest BCUT2D eigenvalue weighted by Crippen LogP contribution is 2.66. The molecule has 0 aromatic carbocycles. The van der Waals surface area contributed by atoms with Crippen LogP contribution in [-0.4, -0.2) is 33.7 Å². The first-order valence-electron chi connectivity index (χ1n) is 23.4. The zero-order valence-electron chi connectivity index (χ0n) is 35.3. The van der Waals surface area contributed by atoms with Gasteiger partial charge in [-0.1, -0.05) is 128 Å². The van der Waals surface area contributed by atoms with Crippen LogP contribution < -0.4 is 0 Å². The molecule has 0 aromatic rings. The van der Waals surface area contributed by atoms with Crippen molar-refractivity contribution < 1.29 is 33.7 Å². The Bertz CT molecular complexity index is 2020. The molecule has 1 saturated heterocycles. The Labute approximate surface area is 360 Å². The average Bonchev–Trinajstić information content (AvgIpc) is 3.86. The Morgan fingerprint density at radius 1 is 0.217 bits per heavy atom. The fourth-order valence-electron chi connectivity index (χ4n) is 13.6. The first-order chi connectivity index (χ1) is 28.7. The zero-order valence-corrected chi connectivity index (χ0v) is 38.6. The molecule has 328 valence electrons. The summed E-state index contributed by atoms with van der Waals surface area (Å²) in [6, 6.07) is 0. The normalized spacial score (nSPS) is 31.2. The van der Waals surface area contributed by atoms with E-state index in [4.69, 9.17) is 0 Å². The van der Waals surface area contributed by atoms with Crippen molar-refractivity contribution in [1.82, 2.24) is 0 Å². The molecule has 0 amide bonds. The minimum absolute atomic E-state index is 0.0777. The summed E-state index contributed by atoms with van der Waals surface area (Å²) in [5.74, 6) is 0. The van der Waals surface area contributed by atoms with Crippen LogP contribution in [0.3, 0.4) is 0 Å². The maximum absolute atomic E-state index is 15.8. The van der Waals surface area contributed by atoms with E-state index >= 15 is 33.7 Å². The van der Waals surface area contributed by atoms with Gasteiger partial charge in [-0.05, 0) is 100.0 Å². The van der Waals surface area contributed by atoms with Crippen molar-refractivity contribution in [1.29, 1.82) is 0 Å². The molecule has 8 nitrogen and oxygen atoms in total. The van der Waals surface area contributed by atoms with Gasteiger partial charge in [-0.25, -0.2) is 33.7 Å². The Hall–Kier alpha value is -2.28. The molecule has 60 heavy (non-hydrogen) atoms. The maximum atomic E-state index is 15.8. The predicted molar refractivity (Wildman–Crippen MR) is 239 cm³/mol. The summed E-state index contributed by atoms with van der Waals surface area (Å²) < 4.78 is 127. The highest BCUT2D eigenvalue weighted by Gasteiger charge is 2.63. The lowest BCUT2D eigenvalue weighted by atomic mass is 9.73. The molecule has 9 aliphatic rings. The van der Waals surface area contributed by atoms with Gasteiger partial charge in [0.1, 0.15) is 0 Å². The van der Waals surface area contributed by atoms with Crippen LogP contribution in [0.1, 0.15) is 180 Å². The maximum Gasteiger partial charge on any atom is 0.200 e. The van der Waals surface area contributed by atoms with E-state index in [0.717, 1.165) is 77.0 Å². The Morgan fingerprint density at radius 3 is 0.467 bits per heavy atom. The van der Waals surface area contributed by atoms with E-state index in [9.17, 15) is 0 Å². The number of allylic oxidation sites excluding steroid dienone is 16. The van der Waals surface area contributed by atoms with E-state index in [1.807, 2.05) is 0 Å². The van der Waals surface area contributed by atoms with Gasteiger partial charge in [0.2, 0.25) is 39.3 Å². The molecular weight excluding hydrogens is 833 g/mol. The van der Waals surface area contributed by atoms with Gasteiger partial charge in [-0.2, -0.15) is 0 Å². The highest BCUT2D eigenvalue weighted by molar-refractivity contribution is 8.02. The molecule has 5 fully saturated rings. The van der Waals surface area contributed by atoms with Crippen molar-refractivity contribution in [3.8, 4) is 0 Å². The fourth-order valence-corrected chi connectivity index (χ4v) is 23.4. The van der Waals surface area contributed by atoms with Gasteiger partial charge in [0.05, 0.1) is 39.2 Å². The van der Waals surface area contributed by atoms with Crippen molar-refractivity contribution >= 4 is 39.3 Å². The van der Waals surface area contributed by atoms with Crippen molar-refractivity contribution in [2.75, 3.05) is 0 Å². The second-order valence-electron chi connectivity index (χ2n) is 19.7. The molecule has 0 atom stereocenters. The summed E-state index contributed by atoms with van der Waals surface area (Å²) in [4.78, 5) is 0.622. The lowest BCUT2D eigenvalue weighted by Gasteiger charge is -2.44. The lowest BCUT2D eigenvalue weighted by molar-refractivity contribution is 0.321. The van der Waals surface area contributed by atoms with Crippen LogP contribution in [0.2, 0.25) is 0 Å². The number of fused-ring (bicyclic) bond motifs is 16. The lowest BCUT2D eigenvalue weighted by Crippen LogP contribution is -2.41. The Balaban J connectivity index is 1.32. The first-order valence-corrected chi connectivity index (χ1v) is 29.4. The SMILES string of the molecule is O=S1(=O)C2=CC=C1C1(CCCCCCC1)C1=CC=C(C3(CCCCCCC3)C3=CC=C(C4(CCCCCCC4)C4=CC=C(C25CCCCCCC5)S4(=O)=O)S3(=O)=O)S1(=O)=O. The molecule has 0 radical (unpaired) electrons. The molecule has 4 aliphatic carbocycles. The number of hydrogen-bond donors (Lipinski definition) is 0. The number of rotatable bonds is 0. The molecule has 0 N–H and O–H groups in total. The van der Waals surface area contributed by atoms with E-state index in [0.29, 0.717) is 103 Å². The van der Waals surface area contributed by atoms with E-state index in [1.165, 1.54) is 0 Å². The average molecular weight is 897 g/mol. The van der Waals surface area contributed by atoms with Crippen molar-refractivity contribution in [3.05, 3.63) is 87.8 Å². The number of sulfone groups is 4. The van der Waals surface area contributed by atoms with Crippen LogP contribution in [0.25, 0.3) is 0 Å². The summed E-state index contributed by atoms with van der Waals surface area (Å²) in [6.45, 7) is 0. The molecule has 4 saturated carbocycles. The fraction of sp³-hybridized carbons (Fsp3) is 0.667. The van der Waals surface area contributed by atoms with Gasteiger partial charge in [0.25, 0.3) is 0 Å². The van der Waals surface area contributed by atoms with Crippen molar-refractivity contribution in [3.63, 3.8) is 0 Å². The van der Waals surface area contributed by atoms with Gasteiger partial charge in [-0.15, -0.1) is 0 Å². The zero-order chi connectivity index (χ0) is 42.1. The minimum Gasteiger partial charge on any atom is -0.219 e. The molecule has 5 aliphatic heterocycles. The highest BCUT2D eigenvalue weighted by atomic mass is 32.2. The van der Waals surface area contributed by atoms with Gasteiger partial charge >= 0.3 is 0 Å². The smallest absolute Gasteiger partial charge is 0.200 e. The van der Waals surface area contributed by atoms with Crippen molar-refractivity contribution in [2.45, 2.75) is 180 Å². The van der Waals surface area contributed by atoms with Crippen LogP contribution >= 0.6 is 0 Å². The summed E-state index contributed by atoms with van der Waals surface area (Å²) in [7, 11) is -17.5. The predicted octanol–water partition coefficient (Wildman–Crippen LogP) is 11.7.